The van der Waals surface area contributed by atoms with Crippen LogP contribution in [0.5, 0.6) is 0 Å². The van der Waals surface area contributed by atoms with Crippen molar-refractivity contribution in [2.24, 2.45) is 5.92 Å². The Morgan fingerprint density at radius 1 is 1.33 bits per heavy atom. The molecule has 2 unspecified atom stereocenters. The first-order valence-corrected chi connectivity index (χ1v) is 8.36. The van der Waals surface area contributed by atoms with Crippen molar-refractivity contribution < 1.29 is 19.1 Å². The molecule has 0 aliphatic carbocycles. The van der Waals surface area contributed by atoms with E-state index in [1.807, 2.05) is 52.0 Å². The van der Waals surface area contributed by atoms with Crippen molar-refractivity contribution in [2.45, 2.75) is 52.9 Å². The lowest BCUT2D eigenvalue weighted by Crippen LogP contribution is -2.51. The monoisotopic (exact) mass is 333 g/mol. The highest BCUT2D eigenvalue weighted by Gasteiger charge is 2.38. The molecule has 5 heteroatoms. The molecule has 132 valence electrons. The van der Waals surface area contributed by atoms with Crippen molar-refractivity contribution >= 4 is 11.9 Å². The molecule has 1 aliphatic heterocycles. The molecule has 0 spiro atoms. The Morgan fingerprint density at radius 3 is 2.54 bits per heavy atom. The molecule has 2 rings (SSSR count). The van der Waals surface area contributed by atoms with Gasteiger partial charge < -0.3 is 14.4 Å². The van der Waals surface area contributed by atoms with Gasteiger partial charge in [0, 0.05) is 13.1 Å². The van der Waals surface area contributed by atoms with Gasteiger partial charge in [-0.2, -0.15) is 0 Å². The van der Waals surface area contributed by atoms with Gasteiger partial charge in [0.2, 0.25) is 0 Å². The van der Waals surface area contributed by atoms with E-state index in [1.54, 1.807) is 11.8 Å². The minimum Gasteiger partial charge on any atom is -0.460 e. The second-order valence-corrected chi connectivity index (χ2v) is 7.36. The number of morpholine rings is 1. The van der Waals surface area contributed by atoms with Crippen LogP contribution >= 0.6 is 0 Å². The maximum Gasteiger partial charge on any atom is 0.312 e. The second-order valence-electron chi connectivity index (χ2n) is 7.36. The van der Waals surface area contributed by atoms with Gasteiger partial charge in [-0.1, -0.05) is 29.8 Å². The summed E-state index contributed by atoms with van der Waals surface area (Å²) in [6, 6.07) is 8.09. The second kappa shape index (κ2) is 7.34. The Labute approximate surface area is 143 Å². The van der Waals surface area contributed by atoms with Gasteiger partial charge in [0.25, 0.3) is 5.91 Å². The first-order valence-electron chi connectivity index (χ1n) is 8.36. The molecule has 1 heterocycles. The summed E-state index contributed by atoms with van der Waals surface area (Å²) in [6.07, 6.45) is -0.779. The molecule has 1 aliphatic rings. The van der Waals surface area contributed by atoms with Crippen molar-refractivity contribution in [2.75, 3.05) is 13.2 Å². The van der Waals surface area contributed by atoms with Crippen LogP contribution in [0.1, 0.15) is 38.8 Å². The number of nitrogens with zero attached hydrogens (tertiary/aromatic N) is 1. The van der Waals surface area contributed by atoms with Crippen LogP contribution in [0.2, 0.25) is 0 Å². The molecule has 1 aromatic carbocycles. The standard InChI is InChI=1S/C19H27NO4/c1-13-6-8-15(9-7-13)12-20-10-11-23-16(17(20)21)14(2)18(22)24-19(3,4)5/h6-9,14,16H,10-12H2,1-5H3. The van der Waals surface area contributed by atoms with Crippen molar-refractivity contribution in [3.05, 3.63) is 35.4 Å². The van der Waals surface area contributed by atoms with E-state index >= 15 is 0 Å². The van der Waals surface area contributed by atoms with E-state index in [0.717, 1.165) is 5.56 Å². The third kappa shape index (κ3) is 4.81. The Morgan fingerprint density at radius 2 is 1.96 bits per heavy atom. The topological polar surface area (TPSA) is 55.8 Å². The van der Waals surface area contributed by atoms with Crippen molar-refractivity contribution in [3.63, 3.8) is 0 Å². The summed E-state index contributed by atoms with van der Waals surface area (Å²) in [6.45, 7) is 10.6. The first-order chi connectivity index (χ1) is 11.2. The highest BCUT2D eigenvalue weighted by atomic mass is 16.6. The molecule has 0 N–H and O–H groups in total. The lowest BCUT2D eigenvalue weighted by molar-refractivity contribution is -0.175. The van der Waals surface area contributed by atoms with Gasteiger partial charge in [0.1, 0.15) is 11.7 Å². The average molecular weight is 333 g/mol. The van der Waals surface area contributed by atoms with Crippen LogP contribution in [0.4, 0.5) is 0 Å². The van der Waals surface area contributed by atoms with E-state index < -0.39 is 23.6 Å². The van der Waals surface area contributed by atoms with E-state index in [0.29, 0.717) is 19.7 Å². The third-order valence-corrected chi connectivity index (χ3v) is 3.94. The molecule has 2 atom stereocenters. The number of hydrogen-bond donors (Lipinski definition) is 0. The highest BCUT2D eigenvalue weighted by molar-refractivity contribution is 5.87. The summed E-state index contributed by atoms with van der Waals surface area (Å²) < 4.78 is 11.0. The molecule has 1 saturated heterocycles. The lowest BCUT2D eigenvalue weighted by atomic mass is 10.0. The summed E-state index contributed by atoms with van der Waals surface area (Å²) in [7, 11) is 0. The predicted molar refractivity (Wildman–Crippen MR) is 91.3 cm³/mol. The Balaban J connectivity index is 2.03. The number of amides is 1. The number of aryl methyl sites for hydroxylation is 1. The molecular formula is C19H27NO4. The molecule has 0 saturated carbocycles. The summed E-state index contributed by atoms with van der Waals surface area (Å²) in [5.74, 6) is -1.18. The van der Waals surface area contributed by atoms with E-state index in [2.05, 4.69) is 0 Å². The molecule has 1 aromatic rings. The lowest BCUT2D eigenvalue weighted by Gasteiger charge is -2.35. The van der Waals surface area contributed by atoms with Crippen LogP contribution in [-0.4, -0.2) is 41.6 Å². The molecule has 24 heavy (non-hydrogen) atoms. The Bertz CT molecular complexity index is 588. The SMILES string of the molecule is Cc1ccc(CN2CCOC(C(C)C(=O)OC(C)(C)C)C2=O)cc1. The first kappa shape index (κ1) is 18.5. The number of rotatable bonds is 4. The fourth-order valence-electron chi connectivity index (χ4n) is 2.60. The van der Waals surface area contributed by atoms with Crippen molar-refractivity contribution in [1.29, 1.82) is 0 Å². The van der Waals surface area contributed by atoms with Crippen LogP contribution < -0.4 is 0 Å². The van der Waals surface area contributed by atoms with Crippen molar-refractivity contribution in [1.82, 2.24) is 4.90 Å². The number of carbonyl (C=O) groups is 2. The van der Waals surface area contributed by atoms with Gasteiger partial charge in [0.15, 0.2) is 0 Å². The van der Waals surface area contributed by atoms with Crippen LogP contribution in [0, 0.1) is 12.8 Å². The van der Waals surface area contributed by atoms with Crippen LogP contribution in [0.15, 0.2) is 24.3 Å². The molecule has 5 nitrogen and oxygen atoms in total. The highest BCUT2D eigenvalue weighted by Crippen LogP contribution is 2.21. The zero-order valence-corrected chi connectivity index (χ0v) is 15.2. The smallest absolute Gasteiger partial charge is 0.312 e. The van der Waals surface area contributed by atoms with Crippen LogP contribution in [-0.2, 0) is 25.6 Å². The summed E-state index contributed by atoms with van der Waals surface area (Å²) >= 11 is 0. The van der Waals surface area contributed by atoms with Crippen LogP contribution in [0.3, 0.4) is 0 Å². The molecular weight excluding hydrogens is 306 g/mol. The van der Waals surface area contributed by atoms with Gasteiger partial charge in [-0.25, -0.2) is 0 Å². The Hall–Kier alpha value is -1.88. The third-order valence-electron chi connectivity index (χ3n) is 3.94. The summed E-state index contributed by atoms with van der Waals surface area (Å²) in [5.41, 5.74) is 1.67. The van der Waals surface area contributed by atoms with Crippen LogP contribution in [0.25, 0.3) is 0 Å². The molecule has 0 radical (unpaired) electrons. The number of hydrogen-bond acceptors (Lipinski definition) is 4. The largest absolute Gasteiger partial charge is 0.460 e. The molecule has 1 amide bonds. The fourth-order valence-corrected chi connectivity index (χ4v) is 2.60. The van der Waals surface area contributed by atoms with E-state index in [1.165, 1.54) is 5.56 Å². The van der Waals surface area contributed by atoms with E-state index in [-0.39, 0.29) is 5.91 Å². The minimum absolute atomic E-state index is 0.153. The van der Waals surface area contributed by atoms with Crippen molar-refractivity contribution in [3.8, 4) is 0 Å². The molecule has 0 bridgehead atoms. The number of ether oxygens (including phenoxy) is 2. The predicted octanol–water partition coefficient (Wildman–Crippen LogP) is 2.70. The minimum atomic E-state index is -0.779. The van der Waals surface area contributed by atoms with Gasteiger partial charge in [-0.05, 0) is 40.2 Å². The average Bonchev–Trinajstić information content (AvgIpc) is 2.49. The van der Waals surface area contributed by atoms with Gasteiger partial charge in [0.05, 0.1) is 12.5 Å². The zero-order valence-electron chi connectivity index (χ0n) is 15.2. The number of benzene rings is 1. The Kier molecular flexibility index (Phi) is 5.65. The normalized spacial score (nSPS) is 20.0. The quantitative estimate of drug-likeness (QED) is 0.795. The fraction of sp³-hybridized carbons (Fsp3) is 0.579. The van der Waals surface area contributed by atoms with Gasteiger partial charge >= 0.3 is 5.97 Å². The van der Waals surface area contributed by atoms with Gasteiger partial charge in [-0.3, -0.25) is 9.59 Å². The van der Waals surface area contributed by atoms with E-state index in [9.17, 15) is 9.59 Å². The number of esters is 1. The maximum atomic E-state index is 12.7. The molecule has 1 fully saturated rings. The summed E-state index contributed by atoms with van der Waals surface area (Å²) in [4.78, 5) is 26.7. The number of carbonyl (C=O) groups excluding carboxylic acids is 2. The van der Waals surface area contributed by atoms with Gasteiger partial charge in [-0.15, -0.1) is 0 Å². The maximum absolute atomic E-state index is 12.7. The molecule has 0 aromatic heterocycles. The van der Waals surface area contributed by atoms with E-state index in [4.69, 9.17) is 9.47 Å². The summed E-state index contributed by atoms with van der Waals surface area (Å²) in [5, 5.41) is 0. The zero-order chi connectivity index (χ0) is 17.9.